The maximum atomic E-state index is 12.7. The Morgan fingerprint density at radius 3 is 2.54 bits per heavy atom. The van der Waals surface area contributed by atoms with Gasteiger partial charge in [-0.15, -0.1) is 10.2 Å². The van der Waals surface area contributed by atoms with Crippen molar-refractivity contribution >= 4 is 54.9 Å². The third-order valence-electron chi connectivity index (χ3n) is 5.58. The van der Waals surface area contributed by atoms with E-state index in [0.29, 0.717) is 37.0 Å². The van der Waals surface area contributed by atoms with Crippen LogP contribution in [0.3, 0.4) is 0 Å². The van der Waals surface area contributed by atoms with Gasteiger partial charge >= 0.3 is 0 Å². The lowest BCUT2D eigenvalue weighted by Crippen LogP contribution is -2.40. The van der Waals surface area contributed by atoms with E-state index in [-0.39, 0.29) is 10.8 Å². The molecule has 1 aromatic heterocycles. The number of nitrogens with one attached hydrogen (secondary N) is 1. The number of carbonyl (C=O) groups excluding carboxylic acids is 1. The Balaban J connectivity index is 1.21. The van der Waals surface area contributed by atoms with Gasteiger partial charge in [0.1, 0.15) is 0 Å². The van der Waals surface area contributed by atoms with E-state index in [0.717, 1.165) is 10.1 Å². The Hall–Kier alpha value is -2.83. The number of sulfonamides is 1. The monoisotopic (exact) mass is 526 g/mol. The lowest BCUT2D eigenvalue weighted by Gasteiger charge is -2.26. The molecule has 0 aliphatic carbocycles. The third-order valence-corrected chi connectivity index (χ3v) is 9.52. The number of anilines is 1. The van der Waals surface area contributed by atoms with Gasteiger partial charge in [-0.05, 0) is 40.6 Å². The van der Waals surface area contributed by atoms with E-state index in [4.69, 9.17) is 4.74 Å². The molecule has 0 spiro atoms. The Morgan fingerprint density at radius 1 is 1.00 bits per heavy atom. The molecule has 2 heterocycles. The highest BCUT2D eigenvalue weighted by atomic mass is 32.2. The quantitative estimate of drug-likeness (QED) is 0.284. The highest BCUT2D eigenvalue weighted by molar-refractivity contribution is 8.00. The SMILES string of the molecule is O=C(Nc1nnc(SCc2cccc3ccccc23)s1)c1ccc(S(=O)(=O)N2CCOCC2)cc1. The van der Waals surface area contributed by atoms with Crippen molar-refractivity contribution in [3.63, 3.8) is 0 Å². The fourth-order valence-corrected chi connectivity index (χ4v) is 6.92. The molecule has 0 bridgehead atoms. The average Bonchev–Trinajstić information content (AvgIpc) is 3.35. The summed E-state index contributed by atoms with van der Waals surface area (Å²) in [6.07, 6.45) is 0. The van der Waals surface area contributed by atoms with E-state index in [1.807, 2.05) is 18.2 Å². The summed E-state index contributed by atoms with van der Waals surface area (Å²) in [7, 11) is -3.60. The fourth-order valence-electron chi connectivity index (χ4n) is 3.76. The van der Waals surface area contributed by atoms with E-state index in [2.05, 4.69) is 39.8 Å². The summed E-state index contributed by atoms with van der Waals surface area (Å²) in [6, 6.07) is 20.4. The normalized spacial score (nSPS) is 14.7. The number of carbonyl (C=O) groups is 1. The number of nitrogens with zero attached hydrogens (tertiary/aromatic N) is 3. The predicted octanol–water partition coefficient (Wildman–Crippen LogP) is 4.26. The third kappa shape index (κ3) is 5.39. The van der Waals surface area contributed by atoms with Gasteiger partial charge in [0, 0.05) is 24.4 Å². The first kappa shape index (κ1) is 23.9. The number of rotatable bonds is 7. The standard InChI is InChI=1S/C24H22N4O4S3/c29-22(18-8-10-20(11-9-18)35(30,31)28-12-14-32-15-13-28)25-23-26-27-24(34-23)33-16-19-6-3-5-17-4-1-2-7-21(17)19/h1-11H,12-16H2,(H,25,26,29). The van der Waals surface area contributed by atoms with Crippen molar-refractivity contribution in [2.24, 2.45) is 0 Å². The number of hydrogen-bond donors (Lipinski definition) is 1. The second-order valence-electron chi connectivity index (χ2n) is 7.80. The summed E-state index contributed by atoms with van der Waals surface area (Å²) in [4.78, 5) is 12.8. The van der Waals surface area contributed by atoms with E-state index in [1.165, 1.54) is 56.2 Å². The first-order valence-electron chi connectivity index (χ1n) is 10.9. The molecule has 11 heteroatoms. The van der Waals surface area contributed by atoms with Crippen molar-refractivity contribution in [2.45, 2.75) is 15.0 Å². The van der Waals surface area contributed by atoms with Crippen LogP contribution >= 0.6 is 23.1 Å². The minimum absolute atomic E-state index is 0.152. The number of amides is 1. The van der Waals surface area contributed by atoms with Gasteiger partial charge < -0.3 is 4.74 Å². The lowest BCUT2D eigenvalue weighted by molar-refractivity contribution is 0.0730. The average molecular weight is 527 g/mol. The molecular formula is C24H22N4O4S3. The summed E-state index contributed by atoms with van der Waals surface area (Å²) in [5.74, 6) is 0.366. The molecule has 1 aliphatic rings. The van der Waals surface area contributed by atoms with Crippen molar-refractivity contribution < 1.29 is 17.9 Å². The molecule has 180 valence electrons. The second-order valence-corrected chi connectivity index (χ2v) is 11.9. The summed E-state index contributed by atoms with van der Waals surface area (Å²) in [5.41, 5.74) is 1.55. The molecule has 35 heavy (non-hydrogen) atoms. The number of thioether (sulfide) groups is 1. The number of hydrogen-bond acceptors (Lipinski definition) is 8. The predicted molar refractivity (Wildman–Crippen MR) is 137 cm³/mol. The fraction of sp³-hybridized carbons (Fsp3) is 0.208. The number of benzene rings is 3. The van der Waals surface area contributed by atoms with Gasteiger partial charge in [-0.2, -0.15) is 4.31 Å². The zero-order chi connectivity index (χ0) is 24.3. The van der Waals surface area contributed by atoms with Gasteiger partial charge in [0.25, 0.3) is 5.91 Å². The first-order valence-corrected chi connectivity index (χ1v) is 14.2. The number of fused-ring (bicyclic) bond motifs is 1. The van der Waals surface area contributed by atoms with Gasteiger partial charge in [-0.3, -0.25) is 10.1 Å². The number of morpholine rings is 1. The van der Waals surface area contributed by atoms with Crippen LogP contribution in [0, 0.1) is 0 Å². The largest absolute Gasteiger partial charge is 0.379 e. The Kier molecular flexibility index (Phi) is 7.12. The van der Waals surface area contributed by atoms with Crippen molar-refractivity contribution in [3.05, 3.63) is 77.9 Å². The van der Waals surface area contributed by atoms with Gasteiger partial charge in [0.15, 0.2) is 4.34 Å². The minimum atomic E-state index is -3.60. The molecule has 0 unspecified atom stereocenters. The molecule has 0 atom stereocenters. The van der Waals surface area contributed by atoms with E-state index < -0.39 is 10.0 Å². The van der Waals surface area contributed by atoms with Crippen molar-refractivity contribution in [1.29, 1.82) is 0 Å². The van der Waals surface area contributed by atoms with Crippen LogP contribution in [-0.4, -0.2) is 55.1 Å². The molecule has 1 amide bonds. The summed E-state index contributed by atoms with van der Waals surface area (Å²) >= 11 is 2.86. The van der Waals surface area contributed by atoms with Crippen LogP contribution in [-0.2, 0) is 20.5 Å². The van der Waals surface area contributed by atoms with Gasteiger partial charge in [-0.1, -0.05) is 65.6 Å². The second kappa shape index (κ2) is 10.4. The summed E-state index contributed by atoms with van der Waals surface area (Å²) in [6.45, 7) is 1.40. The summed E-state index contributed by atoms with van der Waals surface area (Å²) < 4.78 is 32.9. The molecule has 1 saturated heterocycles. The zero-order valence-corrected chi connectivity index (χ0v) is 21.0. The van der Waals surface area contributed by atoms with Crippen LogP contribution in [0.4, 0.5) is 5.13 Å². The highest BCUT2D eigenvalue weighted by Crippen LogP contribution is 2.31. The van der Waals surface area contributed by atoms with Crippen LogP contribution < -0.4 is 5.32 Å². The molecule has 3 aromatic carbocycles. The maximum absolute atomic E-state index is 12.7. The van der Waals surface area contributed by atoms with E-state index in [1.54, 1.807) is 11.8 Å². The van der Waals surface area contributed by atoms with Crippen LogP contribution in [0.5, 0.6) is 0 Å². The first-order chi connectivity index (χ1) is 17.0. The molecule has 0 saturated carbocycles. The topological polar surface area (TPSA) is 101 Å². The van der Waals surface area contributed by atoms with Crippen molar-refractivity contribution in [1.82, 2.24) is 14.5 Å². The van der Waals surface area contributed by atoms with Crippen LogP contribution in [0.1, 0.15) is 15.9 Å². The molecule has 1 aliphatic heterocycles. The number of ether oxygens (including phenoxy) is 1. The summed E-state index contributed by atoms with van der Waals surface area (Å²) in [5, 5.41) is 13.8. The van der Waals surface area contributed by atoms with E-state index in [9.17, 15) is 13.2 Å². The van der Waals surface area contributed by atoms with Crippen molar-refractivity contribution in [2.75, 3.05) is 31.6 Å². The molecule has 1 fully saturated rings. The van der Waals surface area contributed by atoms with Crippen LogP contribution in [0.15, 0.2) is 76.0 Å². The molecule has 0 radical (unpaired) electrons. The molecule has 5 rings (SSSR count). The molecule has 1 N–H and O–H groups in total. The zero-order valence-electron chi connectivity index (χ0n) is 18.6. The van der Waals surface area contributed by atoms with Gasteiger partial charge in [0.05, 0.1) is 18.1 Å². The van der Waals surface area contributed by atoms with Crippen LogP contribution in [0.25, 0.3) is 10.8 Å². The minimum Gasteiger partial charge on any atom is -0.379 e. The highest BCUT2D eigenvalue weighted by Gasteiger charge is 2.26. The van der Waals surface area contributed by atoms with Crippen molar-refractivity contribution in [3.8, 4) is 0 Å². The van der Waals surface area contributed by atoms with Gasteiger partial charge in [-0.25, -0.2) is 8.42 Å². The van der Waals surface area contributed by atoms with Gasteiger partial charge in [0.2, 0.25) is 15.2 Å². The lowest BCUT2D eigenvalue weighted by atomic mass is 10.1. The molecule has 8 nitrogen and oxygen atoms in total. The Labute approximate surface area is 211 Å². The van der Waals surface area contributed by atoms with Crippen LogP contribution in [0.2, 0.25) is 0 Å². The number of aromatic nitrogens is 2. The Morgan fingerprint density at radius 2 is 1.74 bits per heavy atom. The molecule has 4 aromatic rings. The molecular weight excluding hydrogens is 504 g/mol. The smallest absolute Gasteiger partial charge is 0.257 e. The Bertz CT molecular complexity index is 1440. The maximum Gasteiger partial charge on any atom is 0.257 e. The van der Waals surface area contributed by atoms with E-state index >= 15 is 0 Å².